The van der Waals surface area contributed by atoms with E-state index in [0.29, 0.717) is 0 Å². The molecule has 0 amide bonds. The second kappa shape index (κ2) is 9.13. The van der Waals surface area contributed by atoms with Crippen molar-refractivity contribution in [3.8, 4) is 0 Å². The topological polar surface area (TPSA) is 41.7 Å². The number of nitrogens with one attached hydrogen (secondary N) is 1. The van der Waals surface area contributed by atoms with Crippen molar-refractivity contribution in [3.05, 3.63) is 144 Å². The van der Waals surface area contributed by atoms with Crippen LogP contribution in [0.4, 0.5) is 0 Å². The number of aromatic nitrogens is 1. The Morgan fingerprint density at radius 2 is 1.26 bits per heavy atom. The molecule has 6 aromatic carbocycles. The van der Waals surface area contributed by atoms with Gasteiger partial charge in [0.05, 0.1) is 11.0 Å². The van der Waals surface area contributed by atoms with Crippen molar-refractivity contribution >= 4 is 76.6 Å². The van der Waals surface area contributed by atoms with Gasteiger partial charge in [-0.15, -0.1) is 11.3 Å². The van der Waals surface area contributed by atoms with Gasteiger partial charge in [0, 0.05) is 26.4 Å². The summed E-state index contributed by atoms with van der Waals surface area (Å²) in [4.78, 5) is 10.4. The molecule has 0 radical (unpaired) electrons. The van der Waals surface area contributed by atoms with Crippen LogP contribution in [0.1, 0.15) is 17.3 Å². The lowest BCUT2D eigenvalue weighted by Gasteiger charge is -2.24. The van der Waals surface area contributed by atoms with Gasteiger partial charge in [-0.1, -0.05) is 115 Å². The standard InChI is InChI=1S/C37H24N4S/c1-3-11-24(12-4-1)35-38-36(25-13-5-2-6-14-25)40-37(39-35)41-30-20-19-23-21-22-42-34(23)32(30)31-28-17-9-7-15-26(28)27-16-8-10-18-29(27)33(31)41/h1-22,35H,(H,38,39,40). The largest absolute Gasteiger partial charge is 0.310 e. The molecule has 0 bridgehead atoms. The number of benzene rings is 6. The number of hydrogen-bond acceptors (Lipinski definition) is 4. The van der Waals surface area contributed by atoms with E-state index in [4.69, 9.17) is 9.98 Å². The van der Waals surface area contributed by atoms with Gasteiger partial charge in [0.2, 0.25) is 5.96 Å². The van der Waals surface area contributed by atoms with Gasteiger partial charge in [0.25, 0.3) is 0 Å². The van der Waals surface area contributed by atoms with Crippen molar-refractivity contribution in [2.75, 3.05) is 0 Å². The highest BCUT2D eigenvalue weighted by Gasteiger charge is 2.26. The Kier molecular flexibility index (Phi) is 5.10. The number of amidine groups is 1. The predicted molar refractivity (Wildman–Crippen MR) is 178 cm³/mol. The average molecular weight is 557 g/mol. The predicted octanol–water partition coefficient (Wildman–Crippen LogP) is 9.27. The third-order valence-corrected chi connectivity index (χ3v) is 9.25. The van der Waals surface area contributed by atoms with E-state index in [9.17, 15) is 0 Å². The summed E-state index contributed by atoms with van der Waals surface area (Å²) in [6.45, 7) is 0. The van der Waals surface area contributed by atoms with Gasteiger partial charge in [-0.3, -0.25) is 4.57 Å². The van der Waals surface area contributed by atoms with E-state index in [0.717, 1.165) is 34.0 Å². The van der Waals surface area contributed by atoms with E-state index in [1.54, 1.807) is 11.3 Å². The summed E-state index contributed by atoms with van der Waals surface area (Å²) < 4.78 is 3.64. The molecule has 4 nitrogen and oxygen atoms in total. The fourth-order valence-corrected chi connectivity index (χ4v) is 7.41. The van der Waals surface area contributed by atoms with Crippen molar-refractivity contribution in [2.45, 2.75) is 6.17 Å². The highest BCUT2D eigenvalue weighted by Crippen LogP contribution is 2.44. The molecular formula is C37H24N4S. The highest BCUT2D eigenvalue weighted by molar-refractivity contribution is 7.18. The molecule has 1 N–H and O–H groups in total. The lowest BCUT2D eigenvalue weighted by molar-refractivity contribution is 0.745. The van der Waals surface area contributed by atoms with Crippen LogP contribution in [0, 0.1) is 0 Å². The van der Waals surface area contributed by atoms with Crippen LogP contribution in [0.15, 0.2) is 143 Å². The zero-order chi connectivity index (χ0) is 27.6. The van der Waals surface area contributed by atoms with Crippen molar-refractivity contribution in [1.82, 2.24) is 9.88 Å². The Morgan fingerprint density at radius 1 is 0.595 bits per heavy atom. The minimum absolute atomic E-state index is 0.373. The first-order valence-electron chi connectivity index (χ1n) is 14.1. The maximum absolute atomic E-state index is 5.31. The molecule has 2 aromatic heterocycles. The SMILES string of the molecule is c1ccc(C2=NC(c3ccccc3)N=C(n3c4ccc5ccsc5c4c4c5ccccc5c5ccccc5c43)N2)cc1. The quantitative estimate of drug-likeness (QED) is 0.212. The fraction of sp³-hybridized carbons (Fsp3) is 0.0270. The lowest BCUT2D eigenvalue weighted by Crippen LogP contribution is -2.39. The van der Waals surface area contributed by atoms with E-state index < -0.39 is 0 Å². The van der Waals surface area contributed by atoms with E-state index in [1.807, 2.05) is 12.1 Å². The van der Waals surface area contributed by atoms with E-state index in [-0.39, 0.29) is 6.17 Å². The van der Waals surface area contributed by atoms with Gasteiger partial charge >= 0.3 is 0 Å². The van der Waals surface area contributed by atoms with Crippen molar-refractivity contribution < 1.29 is 0 Å². The summed E-state index contributed by atoms with van der Waals surface area (Å²) >= 11 is 1.80. The molecule has 1 atom stereocenters. The number of nitrogens with zero attached hydrogens (tertiary/aromatic N) is 3. The van der Waals surface area contributed by atoms with Crippen LogP contribution in [0.3, 0.4) is 0 Å². The van der Waals surface area contributed by atoms with Gasteiger partial charge in [-0.05, 0) is 44.6 Å². The number of hydrogen-bond donors (Lipinski definition) is 1. The molecule has 0 fully saturated rings. The van der Waals surface area contributed by atoms with Crippen molar-refractivity contribution in [1.29, 1.82) is 0 Å². The van der Waals surface area contributed by atoms with Crippen LogP contribution in [0.25, 0.3) is 53.4 Å². The number of thiophene rings is 1. The third kappa shape index (κ3) is 3.41. The lowest BCUT2D eigenvalue weighted by atomic mass is 9.96. The van der Waals surface area contributed by atoms with E-state index >= 15 is 0 Å². The fourth-order valence-electron chi connectivity index (χ4n) is 6.47. The summed E-state index contributed by atoms with van der Waals surface area (Å²) in [5.41, 5.74) is 4.38. The van der Waals surface area contributed by atoms with Crippen LogP contribution in [-0.4, -0.2) is 16.4 Å². The minimum Gasteiger partial charge on any atom is -0.310 e. The van der Waals surface area contributed by atoms with Crippen LogP contribution < -0.4 is 5.32 Å². The maximum Gasteiger partial charge on any atom is 0.211 e. The molecule has 1 aliphatic rings. The van der Waals surface area contributed by atoms with Gasteiger partial charge in [0.1, 0.15) is 5.84 Å². The summed E-state index contributed by atoms with van der Waals surface area (Å²) in [5.74, 6) is 1.58. The molecule has 1 aliphatic heterocycles. The molecule has 3 heterocycles. The zero-order valence-corrected chi connectivity index (χ0v) is 23.3. The number of rotatable bonds is 2. The summed E-state index contributed by atoms with van der Waals surface area (Å²) in [6, 6.07) is 44.9. The molecule has 1 unspecified atom stereocenters. The Hall–Kier alpha value is -5.26. The van der Waals surface area contributed by atoms with Gasteiger partial charge in [-0.25, -0.2) is 9.98 Å². The molecule has 5 heteroatoms. The third-order valence-electron chi connectivity index (χ3n) is 8.30. The molecule has 0 saturated heterocycles. The monoisotopic (exact) mass is 556 g/mol. The van der Waals surface area contributed by atoms with Crippen LogP contribution in [0.2, 0.25) is 0 Å². The second-order valence-electron chi connectivity index (χ2n) is 10.7. The summed E-state index contributed by atoms with van der Waals surface area (Å²) in [5, 5.41) is 14.6. The Labute approximate surface area is 245 Å². The van der Waals surface area contributed by atoms with Gasteiger partial charge < -0.3 is 5.32 Å². The van der Waals surface area contributed by atoms with Crippen molar-refractivity contribution in [2.24, 2.45) is 9.98 Å². The van der Waals surface area contributed by atoms with Crippen molar-refractivity contribution in [3.63, 3.8) is 0 Å². The summed E-state index contributed by atoms with van der Waals surface area (Å²) in [6.07, 6.45) is -0.373. The molecule has 198 valence electrons. The molecule has 42 heavy (non-hydrogen) atoms. The van der Waals surface area contributed by atoms with Crippen LogP contribution >= 0.6 is 11.3 Å². The molecule has 0 spiro atoms. The van der Waals surface area contributed by atoms with E-state index in [2.05, 4.69) is 131 Å². The Balaban J connectivity index is 1.44. The first-order chi connectivity index (χ1) is 20.8. The summed E-state index contributed by atoms with van der Waals surface area (Å²) in [7, 11) is 0. The van der Waals surface area contributed by atoms with Gasteiger partial charge in [-0.2, -0.15) is 0 Å². The van der Waals surface area contributed by atoms with E-state index in [1.165, 1.54) is 42.4 Å². The first-order valence-corrected chi connectivity index (χ1v) is 15.0. The molecule has 0 aliphatic carbocycles. The normalized spacial score (nSPS) is 15.4. The average Bonchev–Trinajstić information content (AvgIpc) is 3.69. The maximum atomic E-state index is 5.31. The van der Waals surface area contributed by atoms with Gasteiger partial charge in [0.15, 0.2) is 6.17 Å². The van der Waals surface area contributed by atoms with Crippen LogP contribution in [-0.2, 0) is 0 Å². The highest BCUT2D eigenvalue weighted by atomic mass is 32.1. The molecule has 0 saturated carbocycles. The Morgan fingerprint density at radius 3 is 2.05 bits per heavy atom. The molecular weight excluding hydrogens is 533 g/mol. The smallest absolute Gasteiger partial charge is 0.211 e. The second-order valence-corrected chi connectivity index (χ2v) is 11.6. The molecule has 8 aromatic rings. The zero-order valence-electron chi connectivity index (χ0n) is 22.5. The minimum atomic E-state index is -0.373. The molecule has 9 rings (SSSR count). The first kappa shape index (κ1) is 23.4. The number of fused-ring (bicyclic) bond motifs is 10. The van der Waals surface area contributed by atoms with Crippen LogP contribution in [0.5, 0.6) is 0 Å². The number of aliphatic imine (C=N–C) groups is 2. The Bertz CT molecular complexity index is 2380.